The van der Waals surface area contributed by atoms with Gasteiger partial charge in [-0.3, -0.25) is 4.98 Å². The van der Waals surface area contributed by atoms with Gasteiger partial charge in [0.15, 0.2) is 5.82 Å². The minimum atomic E-state index is -0.861. The molecule has 7 heteroatoms. The number of anilines is 1. The number of pyridine rings is 1. The molecule has 0 aliphatic carbocycles. The fraction of sp³-hybridized carbons (Fsp3) is 0.211. The maximum Gasteiger partial charge on any atom is 0.161 e. The minimum absolute atomic E-state index is 0.222. The highest BCUT2D eigenvalue weighted by atomic mass is 35.5. The molecule has 2 aromatic heterocycles. The summed E-state index contributed by atoms with van der Waals surface area (Å²) in [5.74, 6) is 1.24. The average Bonchev–Trinajstić information content (AvgIpc) is 2.66. The van der Waals surface area contributed by atoms with Crippen molar-refractivity contribution in [3.05, 3.63) is 70.1 Å². The Balaban J connectivity index is 1.81. The van der Waals surface area contributed by atoms with E-state index in [4.69, 9.17) is 23.2 Å². The Morgan fingerprint density at radius 1 is 1.08 bits per heavy atom. The first-order chi connectivity index (χ1) is 12.6. The van der Waals surface area contributed by atoms with Gasteiger partial charge < -0.3 is 10.4 Å². The highest BCUT2D eigenvalue weighted by Crippen LogP contribution is 2.30. The molecule has 0 aliphatic rings. The number of hydrogen-bond donors (Lipinski definition) is 2. The first-order valence-electron chi connectivity index (χ1n) is 8.22. The summed E-state index contributed by atoms with van der Waals surface area (Å²) in [6.45, 7) is 2.25. The Morgan fingerprint density at radius 3 is 2.42 bits per heavy atom. The van der Waals surface area contributed by atoms with Gasteiger partial charge in [-0.25, -0.2) is 9.97 Å². The van der Waals surface area contributed by atoms with Crippen LogP contribution in [-0.4, -0.2) is 26.6 Å². The summed E-state index contributed by atoms with van der Waals surface area (Å²) >= 11 is 12.3. The molecule has 1 aromatic carbocycles. The van der Waals surface area contributed by atoms with Crippen LogP contribution in [0.15, 0.2) is 48.8 Å². The van der Waals surface area contributed by atoms with E-state index in [9.17, 15) is 5.11 Å². The number of benzene rings is 1. The SMILES string of the molecule is CCc1cc(NCC(O)c2c(Cl)cccc2Cl)nc(-c2ccncc2)n1. The Bertz CT molecular complexity index is 870. The molecule has 2 N–H and O–H groups in total. The minimum Gasteiger partial charge on any atom is -0.386 e. The molecule has 3 rings (SSSR count). The van der Waals surface area contributed by atoms with Crippen LogP contribution in [-0.2, 0) is 6.42 Å². The Hall–Kier alpha value is -2.21. The summed E-state index contributed by atoms with van der Waals surface area (Å²) in [6.07, 6.45) is 3.32. The summed E-state index contributed by atoms with van der Waals surface area (Å²) in [4.78, 5) is 13.1. The van der Waals surface area contributed by atoms with E-state index in [1.807, 2.05) is 25.1 Å². The zero-order valence-corrected chi connectivity index (χ0v) is 15.7. The molecule has 134 valence electrons. The lowest BCUT2D eigenvalue weighted by Crippen LogP contribution is -2.14. The summed E-state index contributed by atoms with van der Waals surface area (Å²) in [5, 5.41) is 14.5. The summed E-state index contributed by atoms with van der Waals surface area (Å²) in [7, 11) is 0. The number of aliphatic hydroxyl groups excluding tert-OH is 1. The van der Waals surface area contributed by atoms with Crippen molar-refractivity contribution in [3.8, 4) is 11.4 Å². The van der Waals surface area contributed by atoms with Crippen molar-refractivity contribution in [2.75, 3.05) is 11.9 Å². The number of aryl methyl sites for hydroxylation is 1. The maximum absolute atomic E-state index is 10.5. The van der Waals surface area contributed by atoms with Crippen LogP contribution >= 0.6 is 23.2 Å². The van der Waals surface area contributed by atoms with Crippen LogP contribution in [0, 0.1) is 0 Å². The lowest BCUT2D eigenvalue weighted by Gasteiger charge is -2.16. The van der Waals surface area contributed by atoms with E-state index in [-0.39, 0.29) is 6.54 Å². The topological polar surface area (TPSA) is 70.9 Å². The molecule has 0 aliphatic heterocycles. The lowest BCUT2D eigenvalue weighted by atomic mass is 10.1. The Labute approximate surface area is 162 Å². The van der Waals surface area contributed by atoms with Crippen molar-refractivity contribution in [1.82, 2.24) is 15.0 Å². The van der Waals surface area contributed by atoms with Crippen LogP contribution in [0.25, 0.3) is 11.4 Å². The van der Waals surface area contributed by atoms with Gasteiger partial charge in [0.25, 0.3) is 0 Å². The predicted octanol–water partition coefficient (Wildman–Crippen LogP) is 4.55. The normalized spacial score (nSPS) is 12.0. The summed E-state index contributed by atoms with van der Waals surface area (Å²) in [6, 6.07) is 10.7. The van der Waals surface area contributed by atoms with E-state index in [0.29, 0.717) is 27.3 Å². The number of aliphatic hydroxyl groups is 1. The molecule has 0 bridgehead atoms. The van der Waals surface area contributed by atoms with Crippen molar-refractivity contribution in [2.45, 2.75) is 19.4 Å². The van der Waals surface area contributed by atoms with Crippen molar-refractivity contribution in [1.29, 1.82) is 0 Å². The number of rotatable bonds is 6. The third-order valence-electron chi connectivity index (χ3n) is 3.89. The maximum atomic E-state index is 10.5. The molecular weight excluding hydrogens is 371 g/mol. The fourth-order valence-corrected chi connectivity index (χ4v) is 3.18. The number of aromatic nitrogens is 3. The quantitative estimate of drug-likeness (QED) is 0.647. The van der Waals surface area contributed by atoms with Gasteiger partial charge in [-0.05, 0) is 30.7 Å². The second-order valence-corrected chi connectivity index (χ2v) is 6.50. The van der Waals surface area contributed by atoms with Crippen LogP contribution in [0.2, 0.25) is 10.0 Å². The van der Waals surface area contributed by atoms with Crippen molar-refractivity contribution in [3.63, 3.8) is 0 Å². The van der Waals surface area contributed by atoms with Gasteiger partial charge in [0.05, 0.1) is 6.10 Å². The zero-order chi connectivity index (χ0) is 18.5. The molecule has 1 unspecified atom stereocenters. The highest BCUT2D eigenvalue weighted by Gasteiger charge is 2.16. The number of halogens is 2. The van der Waals surface area contributed by atoms with Gasteiger partial charge in [-0.1, -0.05) is 36.2 Å². The highest BCUT2D eigenvalue weighted by molar-refractivity contribution is 6.36. The number of hydrogen-bond acceptors (Lipinski definition) is 5. The number of nitrogens with one attached hydrogen (secondary N) is 1. The summed E-state index contributed by atoms with van der Waals surface area (Å²) in [5.41, 5.74) is 2.29. The van der Waals surface area contributed by atoms with Gasteiger partial charge in [-0.15, -0.1) is 0 Å². The molecule has 0 radical (unpaired) electrons. The van der Waals surface area contributed by atoms with E-state index < -0.39 is 6.10 Å². The second-order valence-electron chi connectivity index (χ2n) is 5.69. The molecule has 2 heterocycles. The van der Waals surface area contributed by atoms with Crippen LogP contribution < -0.4 is 5.32 Å². The smallest absolute Gasteiger partial charge is 0.161 e. The van der Waals surface area contributed by atoms with Gasteiger partial charge in [0.2, 0.25) is 0 Å². The van der Waals surface area contributed by atoms with Gasteiger partial charge >= 0.3 is 0 Å². The van der Waals surface area contributed by atoms with E-state index in [1.165, 1.54) is 0 Å². The first-order valence-corrected chi connectivity index (χ1v) is 8.98. The fourth-order valence-electron chi connectivity index (χ4n) is 2.53. The molecule has 26 heavy (non-hydrogen) atoms. The average molecular weight is 389 g/mol. The zero-order valence-electron chi connectivity index (χ0n) is 14.2. The van der Waals surface area contributed by atoms with Crippen LogP contribution in [0.1, 0.15) is 24.3 Å². The van der Waals surface area contributed by atoms with Gasteiger partial charge in [0.1, 0.15) is 5.82 Å². The molecular formula is C19H18Cl2N4O. The van der Waals surface area contributed by atoms with Crippen LogP contribution in [0.3, 0.4) is 0 Å². The van der Waals surface area contributed by atoms with E-state index >= 15 is 0 Å². The van der Waals surface area contributed by atoms with Crippen molar-refractivity contribution >= 4 is 29.0 Å². The van der Waals surface area contributed by atoms with Crippen LogP contribution in [0.5, 0.6) is 0 Å². The second kappa shape index (κ2) is 8.45. The van der Waals surface area contributed by atoms with Gasteiger partial charge in [0, 0.05) is 51.9 Å². The molecule has 0 saturated carbocycles. The van der Waals surface area contributed by atoms with E-state index in [2.05, 4.69) is 20.3 Å². The van der Waals surface area contributed by atoms with Crippen LogP contribution in [0.4, 0.5) is 5.82 Å². The Kier molecular flexibility index (Phi) is 6.04. The van der Waals surface area contributed by atoms with Crippen molar-refractivity contribution < 1.29 is 5.11 Å². The molecule has 5 nitrogen and oxygen atoms in total. The largest absolute Gasteiger partial charge is 0.386 e. The van der Waals surface area contributed by atoms with Crippen molar-refractivity contribution in [2.24, 2.45) is 0 Å². The molecule has 0 amide bonds. The molecule has 3 aromatic rings. The molecule has 1 atom stereocenters. The third kappa shape index (κ3) is 4.30. The first kappa shape index (κ1) is 18.6. The lowest BCUT2D eigenvalue weighted by molar-refractivity contribution is 0.191. The molecule has 0 fully saturated rings. The molecule has 0 spiro atoms. The summed E-state index contributed by atoms with van der Waals surface area (Å²) < 4.78 is 0. The standard InChI is InChI=1S/C19H18Cl2N4O/c1-2-13-10-17(25-19(24-13)12-6-8-22-9-7-12)23-11-16(26)18-14(20)4-3-5-15(18)21/h3-10,16,26H,2,11H2,1H3,(H,23,24,25). The van der Waals surface area contributed by atoms with E-state index in [0.717, 1.165) is 17.7 Å². The van der Waals surface area contributed by atoms with Gasteiger partial charge in [-0.2, -0.15) is 0 Å². The Morgan fingerprint density at radius 2 is 1.77 bits per heavy atom. The third-order valence-corrected chi connectivity index (χ3v) is 4.55. The number of nitrogens with zero attached hydrogens (tertiary/aromatic N) is 3. The van der Waals surface area contributed by atoms with E-state index in [1.54, 1.807) is 30.6 Å². The predicted molar refractivity (Wildman–Crippen MR) is 105 cm³/mol. The molecule has 0 saturated heterocycles. The monoisotopic (exact) mass is 388 g/mol.